The first-order valence-electron chi connectivity index (χ1n) is 31.4. The Kier molecular flexibility index (Phi) is 14.9. The third kappa shape index (κ3) is 12.1. The minimum absolute atomic E-state index is 0.0418. The molecule has 0 aliphatic rings. The topological polar surface area (TPSA) is 35.9 Å². The molecule has 0 saturated heterocycles. The fraction of sp³-hybridized carbons (Fsp3) is 0.341. The SMILES string of the molecule is CC(C)(C)c1cccc(-c2cc(C(C)(C)C)cc(-c3cc(C(C)(C)C)cc(C(C)(C)C)c3)c2-[n+]2[c-]n(-c3cccc(Oc4ccc5c6ccccc6n(-c6cc(C(C)(C)C)ccn6)c5c4)c3)c3cc(-c4cc(C(C)(C)C)cc(C(C)(C)C)c4)ccc32)c1. The van der Waals surface area contributed by atoms with Crippen LogP contribution >= 0.6 is 0 Å². The van der Waals surface area contributed by atoms with Gasteiger partial charge < -0.3 is 4.74 Å². The van der Waals surface area contributed by atoms with Crippen LogP contribution in [0.25, 0.3) is 83.4 Å². The number of benzene rings is 8. The number of pyridine rings is 1. The molecular formula is C82H92N4O. The second-order valence-electron chi connectivity index (χ2n) is 31.9. The van der Waals surface area contributed by atoms with E-state index in [1.54, 1.807) is 0 Å². The van der Waals surface area contributed by atoms with Gasteiger partial charge in [-0.25, -0.2) is 4.98 Å². The molecule has 5 nitrogen and oxygen atoms in total. The Labute approximate surface area is 520 Å². The van der Waals surface area contributed by atoms with Crippen molar-refractivity contribution in [3.05, 3.63) is 221 Å². The fourth-order valence-electron chi connectivity index (χ4n) is 11.9. The summed E-state index contributed by atoms with van der Waals surface area (Å²) in [6.07, 6.45) is 6.06. The molecule has 11 rings (SSSR count). The number of fused-ring (bicyclic) bond motifs is 4. The van der Waals surface area contributed by atoms with E-state index in [2.05, 4.69) is 335 Å². The van der Waals surface area contributed by atoms with Crippen LogP contribution in [0.15, 0.2) is 176 Å². The molecule has 3 aromatic heterocycles. The van der Waals surface area contributed by atoms with E-state index in [4.69, 9.17) is 9.72 Å². The molecule has 446 valence electrons. The number of aromatic nitrogens is 4. The lowest BCUT2D eigenvalue weighted by Crippen LogP contribution is -2.32. The van der Waals surface area contributed by atoms with Crippen LogP contribution in [0.5, 0.6) is 11.5 Å². The molecular weight excluding hydrogens is 1060 g/mol. The lowest BCUT2D eigenvalue weighted by molar-refractivity contribution is -0.571. The summed E-state index contributed by atoms with van der Waals surface area (Å²) in [6, 6.07) is 63.8. The minimum Gasteiger partial charge on any atom is -0.458 e. The summed E-state index contributed by atoms with van der Waals surface area (Å²) in [7, 11) is 0. The van der Waals surface area contributed by atoms with Gasteiger partial charge in [0.05, 0.1) is 33.4 Å². The maximum Gasteiger partial charge on any atom is 0.269 e. The second-order valence-corrected chi connectivity index (χ2v) is 31.9. The van der Waals surface area contributed by atoms with Crippen LogP contribution in [-0.4, -0.2) is 14.1 Å². The molecule has 0 fully saturated rings. The van der Waals surface area contributed by atoms with Crippen molar-refractivity contribution in [3.63, 3.8) is 0 Å². The van der Waals surface area contributed by atoms with Crippen LogP contribution in [-0.2, 0) is 37.9 Å². The third-order valence-corrected chi connectivity index (χ3v) is 17.7. The van der Waals surface area contributed by atoms with Crippen molar-refractivity contribution in [2.45, 2.75) is 183 Å². The molecule has 11 aromatic rings. The van der Waals surface area contributed by atoms with Crippen LogP contribution in [0.4, 0.5) is 0 Å². The first kappa shape index (κ1) is 60.7. The average molecular weight is 1150 g/mol. The number of nitrogens with zero attached hydrogens (tertiary/aromatic N) is 4. The molecule has 0 saturated carbocycles. The molecule has 0 spiro atoms. The van der Waals surface area contributed by atoms with Gasteiger partial charge in [0, 0.05) is 23.0 Å². The predicted octanol–water partition coefficient (Wildman–Crippen LogP) is 22.1. The Balaban J connectivity index is 1.19. The molecule has 0 aliphatic heterocycles. The van der Waals surface area contributed by atoms with Crippen molar-refractivity contribution in [2.24, 2.45) is 0 Å². The highest BCUT2D eigenvalue weighted by Crippen LogP contribution is 2.44. The molecule has 8 aromatic carbocycles. The van der Waals surface area contributed by atoms with Crippen LogP contribution in [0.3, 0.4) is 0 Å². The highest BCUT2D eigenvalue weighted by atomic mass is 16.5. The monoisotopic (exact) mass is 1150 g/mol. The number of imidazole rings is 1. The van der Waals surface area contributed by atoms with E-state index >= 15 is 0 Å². The number of ether oxygens (including phenoxy) is 1. The number of para-hydroxylation sites is 1. The zero-order chi connectivity index (χ0) is 62.7. The van der Waals surface area contributed by atoms with E-state index in [1.165, 1.54) is 61.0 Å². The van der Waals surface area contributed by atoms with Gasteiger partial charge in [0.2, 0.25) is 0 Å². The molecule has 0 N–H and O–H groups in total. The highest BCUT2D eigenvalue weighted by molar-refractivity contribution is 6.09. The van der Waals surface area contributed by atoms with E-state index in [9.17, 15) is 0 Å². The van der Waals surface area contributed by atoms with Gasteiger partial charge >= 0.3 is 0 Å². The highest BCUT2D eigenvalue weighted by Gasteiger charge is 2.30. The Morgan fingerprint density at radius 1 is 0.356 bits per heavy atom. The van der Waals surface area contributed by atoms with Crippen molar-refractivity contribution in [2.75, 3.05) is 0 Å². The van der Waals surface area contributed by atoms with Gasteiger partial charge in [-0.3, -0.25) is 13.7 Å². The first-order chi connectivity index (χ1) is 40.5. The second kappa shape index (κ2) is 21.4. The summed E-state index contributed by atoms with van der Waals surface area (Å²) in [4.78, 5) is 4.97. The van der Waals surface area contributed by atoms with Gasteiger partial charge in [0.1, 0.15) is 17.3 Å². The van der Waals surface area contributed by atoms with E-state index in [0.717, 1.165) is 72.8 Å². The largest absolute Gasteiger partial charge is 0.458 e. The Hall–Kier alpha value is -8.02. The Morgan fingerprint density at radius 3 is 1.46 bits per heavy atom. The third-order valence-electron chi connectivity index (χ3n) is 17.7. The molecule has 0 atom stereocenters. The summed E-state index contributed by atoms with van der Waals surface area (Å²) in [5.74, 6) is 2.34. The Bertz CT molecular complexity index is 4390. The Morgan fingerprint density at radius 2 is 0.862 bits per heavy atom. The summed E-state index contributed by atoms with van der Waals surface area (Å²) in [6.45, 7) is 48.7. The molecule has 87 heavy (non-hydrogen) atoms. The van der Waals surface area contributed by atoms with Crippen molar-refractivity contribution in [3.8, 4) is 62.1 Å². The van der Waals surface area contributed by atoms with Gasteiger partial charge in [-0.1, -0.05) is 255 Å². The van der Waals surface area contributed by atoms with Crippen LogP contribution in [0.1, 0.15) is 184 Å². The van der Waals surface area contributed by atoms with E-state index < -0.39 is 0 Å². The molecule has 0 aliphatic carbocycles. The molecule has 0 radical (unpaired) electrons. The zero-order valence-corrected chi connectivity index (χ0v) is 55.9. The summed E-state index contributed by atoms with van der Waals surface area (Å²) in [5.41, 5.74) is 21.7. The van der Waals surface area contributed by atoms with Crippen molar-refractivity contribution in [1.82, 2.24) is 14.1 Å². The van der Waals surface area contributed by atoms with Gasteiger partial charge in [0.25, 0.3) is 6.33 Å². The van der Waals surface area contributed by atoms with E-state index in [-0.39, 0.29) is 37.9 Å². The summed E-state index contributed by atoms with van der Waals surface area (Å²) in [5, 5.41) is 2.31. The van der Waals surface area contributed by atoms with E-state index in [1.807, 2.05) is 6.20 Å². The average Bonchev–Trinajstić information content (AvgIpc) is 1.70. The normalized spacial score (nSPS) is 13.1. The smallest absolute Gasteiger partial charge is 0.269 e. The quantitative estimate of drug-likeness (QED) is 0.112. The van der Waals surface area contributed by atoms with Gasteiger partial charge in [-0.2, -0.15) is 0 Å². The molecule has 0 amide bonds. The van der Waals surface area contributed by atoms with E-state index in [0.29, 0.717) is 0 Å². The molecule has 0 bridgehead atoms. The fourth-order valence-corrected chi connectivity index (χ4v) is 11.9. The summed E-state index contributed by atoms with van der Waals surface area (Å²) < 4.78 is 14.0. The van der Waals surface area contributed by atoms with Crippen molar-refractivity contribution >= 4 is 32.8 Å². The van der Waals surface area contributed by atoms with Crippen molar-refractivity contribution < 1.29 is 9.30 Å². The predicted molar refractivity (Wildman–Crippen MR) is 370 cm³/mol. The lowest BCUT2D eigenvalue weighted by Gasteiger charge is -2.29. The van der Waals surface area contributed by atoms with Crippen LogP contribution in [0, 0.1) is 6.33 Å². The van der Waals surface area contributed by atoms with Gasteiger partial charge in [-0.15, -0.1) is 0 Å². The van der Waals surface area contributed by atoms with Crippen LogP contribution < -0.4 is 9.30 Å². The number of hydrogen-bond acceptors (Lipinski definition) is 2. The molecule has 0 unspecified atom stereocenters. The zero-order valence-electron chi connectivity index (χ0n) is 55.9. The lowest BCUT2D eigenvalue weighted by atomic mass is 9.77. The molecule has 3 heterocycles. The first-order valence-corrected chi connectivity index (χ1v) is 31.4. The maximum atomic E-state index is 7.05. The van der Waals surface area contributed by atoms with Gasteiger partial charge in [-0.05, 0) is 165 Å². The molecule has 5 heteroatoms. The standard InChI is InChI=1S/C82H92N4O/c1-76(2,3)56-27-24-26-53(38-56)68-46-62(82(19,20)21)47-69(55-41-60(80(13,14)15)45-61(42-55)81(16,17)18)75(68)85-51-84(73-43-52(32-35-71(73)85)54-39-58(78(7,8)9)44-59(40-54)79(10,11)12)63-28-25-29-64(49-63)87-65-33-34-67-66-30-22-23-31-70(66)86(72(67)50-65)74-48-57(36-37-83-74)77(4,5)6/h22-50H,1-21H3. The van der Waals surface area contributed by atoms with Crippen molar-refractivity contribution in [1.29, 1.82) is 0 Å². The number of rotatable bonds is 8. The van der Waals surface area contributed by atoms with Gasteiger partial charge in [0.15, 0.2) is 0 Å². The summed E-state index contributed by atoms with van der Waals surface area (Å²) >= 11 is 0. The number of hydrogen-bond donors (Lipinski definition) is 0. The van der Waals surface area contributed by atoms with Crippen LogP contribution in [0.2, 0.25) is 0 Å². The minimum atomic E-state index is -0.168. The maximum absolute atomic E-state index is 7.05.